The molecule has 0 bridgehead atoms. The predicted octanol–water partition coefficient (Wildman–Crippen LogP) is 1.42. The molecule has 0 saturated heterocycles. The van der Waals surface area contributed by atoms with Crippen LogP contribution >= 0.6 is 0 Å². The SMILES string of the molecule is CCOC(=O)C1=C(C)NC(C=O)NC1c1ccc(F)cc1. The Kier molecular flexibility index (Phi) is 4.70. The van der Waals surface area contributed by atoms with Crippen LogP contribution in [0.25, 0.3) is 0 Å². The van der Waals surface area contributed by atoms with Gasteiger partial charge in [-0.3, -0.25) is 10.1 Å². The van der Waals surface area contributed by atoms with Crippen LogP contribution in [0.2, 0.25) is 0 Å². The number of benzene rings is 1. The van der Waals surface area contributed by atoms with Gasteiger partial charge in [0, 0.05) is 5.70 Å². The lowest BCUT2D eigenvalue weighted by Gasteiger charge is -2.32. The first-order chi connectivity index (χ1) is 10.1. The van der Waals surface area contributed by atoms with Crippen molar-refractivity contribution in [2.45, 2.75) is 26.1 Å². The molecule has 0 spiro atoms. The van der Waals surface area contributed by atoms with Crippen molar-refractivity contribution in [1.82, 2.24) is 10.6 Å². The van der Waals surface area contributed by atoms with Crippen LogP contribution < -0.4 is 10.6 Å². The van der Waals surface area contributed by atoms with Crippen molar-refractivity contribution in [3.8, 4) is 0 Å². The summed E-state index contributed by atoms with van der Waals surface area (Å²) in [6.07, 6.45) is 0.0975. The number of esters is 1. The van der Waals surface area contributed by atoms with Crippen LogP contribution in [0, 0.1) is 5.82 Å². The summed E-state index contributed by atoms with van der Waals surface area (Å²) in [5.74, 6) is -0.827. The lowest BCUT2D eigenvalue weighted by molar-refractivity contribution is -0.139. The average Bonchev–Trinajstić information content (AvgIpc) is 2.47. The highest BCUT2D eigenvalue weighted by molar-refractivity contribution is 5.91. The molecule has 1 aromatic rings. The average molecular weight is 292 g/mol. The van der Waals surface area contributed by atoms with Gasteiger partial charge in [0.1, 0.15) is 12.0 Å². The molecule has 2 N–H and O–H groups in total. The standard InChI is InChI=1S/C15H17FN2O3/c1-3-21-15(20)13-9(2)17-12(8-19)18-14(13)10-4-6-11(16)7-5-10/h4-8,12,14,17-18H,3H2,1-2H3. The molecule has 0 saturated carbocycles. The van der Waals surface area contributed by atoms with Crippen molar-refractivity contribution in [2.24, 2.45) is 0 Å². The van der Waals surface area contributed by atoms with Gasteiger partial charge in [-0.05, 0) is 31.5 Å². The van der Waals surface area contributed by atoms with Crippen molar-refractivity contribution in [1.29, 1.82) is 0 Å². The van der Waals surface area contributed by atoms with Gasteiger partial charge < -0.3 is 10.1 Å². The lowest BCUT2D eigenvalue weighted by Crippen LogP contribution is -2.50. The van der Waals surface area contributed by atoms with Gasteiger partial charge in [0.15, 0.2) is 6.29 Å². The number of ether oxygens (including phenoxy) is 1. The Labute approximate surface area is 122 Å². The Morgan fingerprint density at radius 2 is 2.05 bits per heavy atom. The van der Waals surface area contributed by atoms with Gasteiger partial charge in [0.25, 0.3) is 0 Å². The normalized spacial score (nSPS) is 21.7. The minimum Gasteiger partial charge on any atom is -0.463 e. The quantitative estimate of drug-likeness (QED) is 0.649. The van der Waals surface area contributed by atoms with Gasteiger partial charge in [-0.15, -0.1) is 0 Å². The lowest BCUT2D eigenvalue weighted by atomic mass is 9.94. The monoisotopic (exact) mass is 292 g/mol. The molecule has 1 heterocycles. The van der Waals surface area contributed by atoms with Gasteiger partial charge in [-0.1, -0.05) is 12.1 Å². The summed E-state index contributed by atoms with van der Waals surface area (Å²) in [7, 11) is 0. The maximum Gasteiger partial charge on any atom is 0.337 e. The second-order valence-corrected chi connectivity index (χ2v) is 4.67. The zero-order chi connectivity index (χ0) is 15.4. The molecule has 0 amide bonds. The van der Waals surface area contributed by atoms with E-state index < -0.39 is 18.2 Å². The first-order valence-corrected chi connectivity index (χ1v) is 6.68. The molecule has 6 heteroatoms. The van der Waals surface area contributed by atoms with Gasteiger partial charge in [0.05, 0.1) is 18.2 Å². The third kappa shape index (κ3) is 3.28. The minimum atomic E-state index is -0.613. The van der Waals surface area contributed by atoms with E-state index in [9.17, 15) is 14.0 Å². The highest BCUT2D eigenvalue weighted by Crippen LogP contribution is 2.28. The summed E-state index contributed by atoms with van der Waals surface area (Å²) in [6, 6.07) is 5.25. The molecular weight excluding hydrogens is 275 g/mol. The highest BCUT2D eigenvalue weighted by Gasteiger charge is 2.32. The van der Waals surface area contributed by atoms with Crippen molar-refractivity contribution < 1.29 is 18.7 Å². The molecular formula is C15H17FN2O3. The predicted molar refractivity (Wildman–Crippen MR) is 74.6 cm³/mol. The molecule has 112 valence electrons. The van der Waals surface area contributed by atoms with Crippen LogP contribution in [0.3, 0.4) is 0 Å². The summed E-state index contributed by atoms with van der Waals surface area (Å²) in [5, 5.41) is 5.89. The minimum absolute atomic E-state index is 0.253. The number of aldehydes is 1. The van der Waals surface area contributed by atoms with Crippen LogP contribution in [-0.4, -0.2) is 25.0 Å². The van der Waals surface area contributed by atoms with E-state index in [1.165, 1.54) is 12.1 Å². The summed E-state index contributed by atoms with van der Waals surface area (Å²) >= 11 is 0. The van der Waals surface area contributed by atoms with Gasteiger partial charge in [0.2, 0.25) is 0 Å². The first kappa shape index (κ1) is 15.2. The maximum atomic E-state index is 13.1. The van der Waals surface area contributed by atoms with Crippen LogP contribution in [0.5, 0.6) is 0 Å². The number of hydrogen-bond acceptors (Lipinski definition) is 5. The van der Waals surface area contributed by atoms with E-state index in [2.05, 4.69) is 10.6 Å². The number of carbonyl (C=O) groups excluding carboxylic acids is 2. The summed E-state index contributed by atoms with van der Waals surface area (Å²) in [6.45, 7) is 3.68. The van der Waals surface area contributed by atoms with Crippen molar-refractivity contribution in [3.05, 3.63) is 46.9 Å². The highest BCUT2D eigenvalue weighted by atomic mass is 19.1. The van der Waals surface area contributed by atoms with E-state index in [-0.39, 0.29) is 12.4 Å². The molecule has 21 heavy (non-hydrogen) atoms. The van der Waals surface area contributed by atoms with Crippen LogP contribution in [0.4, 0.5) is 4.39 Å². The third-order valence-corrected chi connectivity index (χ3v) is 3.25. The molecule has 5 nitrogen and oxygen atoms in total. The fourth-order valence-corrected chi connectivity index (χ4v) is 2.30. The molecule has 0 fully saturated rings. The van der Waals surface area contributed by atoms with Crippen LogP contribution in [0.1, 0.15) is 25.5 Å². The largest absolute Gasteiger partial charge is 0.463 e. The van der Waals surface area contributed by atoms with Gasteiger partial charge >= 0.3 is 5.97 Å². The molecule has 1 aliphatic heterocycles. The van der Waals surface area contributed by atoms with Gasteiger partial charge in [-0.25, -0.2) is 9.18 Å². The van der Waals surface area contributed by atoms with Gasteiger partial charge in [-0.2, -0.15) is 0 Å². The molecule has 0 aliphatic carbocycles. The molecule has 2 rings (SSSR count). The molecule has 0 aromatic heterocycles. The van der Waals surface area contributed by atoms with E-state index >= 15 is 0 Å². The van der Waals surface area contributed by atoms with E-state index in [1.54, 1.807) is 26.0 Å². The number of carbonyl (C=O) groups is 2. The molecule has 2 atom stereocenters. The number of hydrogen-bond donors (Lipinski definition) is 2. The smallest absolute Gasteiger partial charge is 0.337 e. The number of allylic oxidation sites excluding steroid dienone is 1. The molecule has 2 unspecified atom stereocenters. The Morgan fingerprint density at radius 3 is 2.62 bits per heavy atom. The Bertz CT molecular complexity index is 569. The topological polar surface area (TPSA) is 67.4 Å². The Hall–Kier alpha value is -2.21. The zero-order valence-corrected chi connectivity index (χ0v) is 11.9. The fraction of sp³-hybridized carbons (Fsp3) is 0.333. The molecule has 1 aliphatic rings. The second-order valence-electron chi connectivity index (χ2n) is 4.67. The number of rotatable bonds is 4. The maximum absolute atomic E-state index is 13.1. The third-order valence-electron chi connectivity index (χ3n) is 3.25. The summed E-state index contributed by atoms with van der Waals surface area (Å²) in [5.41, 5.74) is 1.65. The van der Waals surface area contributed by atoms with Crippen molar-refractivity contribution >= 4 is 12.3 Å². The summed E-state index contributed by atoms with van der Waals surface area (Å²) in [4.78, 5) is 23.1. The Balaban J connectivity index is 2.42. The van der Waals surface area contributed by atoms with E-state index in [4.69, 9.17) is 4.74 Å². The van der Waals surface area contributed by atoms with E-state index in [0.717, 1.165) is 0 Å². The first-order valence-electron chi connectivity index (χ1n) is 6.68. The number of halogens is 1. The van der Waals surface area contributed by atoms with E-state index in [0.29, 0.717) is 23.1 Å². The molecule has 1 aromatic carbocycles. The summed E-state index contributed by atoms with van der Waals surface area (Å²) < 4.78 is 18.1. The van der Waals surface area contributed by atoms with Crippen molar-refractivity contribution in [3.63, 3.8) is 0 Å². The Morgan fingerprint density at radius 1 is 1.38 bits per heavy atom. The number of nitrogens with one attached hydrogen (secondary N) is 2. The second kappa shape index (κ2) is 6.49. The van der Waals surface area contributed by atoms with Crippen molar-refractivity contribution in [2.75, 3.05) is 6.61 Å². The zero-order valence-electron chi connectivity index (χ0n) is 11.9. The fourth-order valence-electron chi connectivity index (χ4n) is 2.30. The van der Waals surface area contributed by atoms with E-state index in [1.807, 2.05) is 0 Å². The molecule has 0 radical (unpaired) electrons. The van der Waals surface area contributed by atoms with Crippen LogP contribution in [-0.2, 0) is 14.3 Å². The van der Waals surface area contributed by atoms with Crippen LogP contribution in [0.15, 0.2) is 35.5 Å².